The van der Waals surface area contributed by atoms with Gasteiger partial charge in [0, 0.05) is 23.7 Å². The molecule has 1 aliphatic carbocycles. The Balaban J connectivity index is 1.84. The maximum absolute atomic E-state index is 15.0. The smallest absolute Gasteiger partial charge is 0.159 e. The van der Waals surface area contributed by atoms with Crippen molar-refractivity contribution in [3.63, 3.8) is 0 Å². The van der Waals surface area contributed by atoms with E-state index in [1.165, 1.54) is 32.1 Å². The van der Waals surface area contributed by atoms with E-state index in [4.69, 9.17) is 4.74 Å². The molecule has 1 saturated carbocycles. The largest absolute Gasteiger partial charge is 0.379 e. The van der Waals surface area contributed by atoms with Crippen molar-refractivity contribution >= 4 is 17.8 Å². The van der Waals surface area contributed by atoms with E-state index >= 15 is 4.57 Å². The predicted molar refractivity (Wildman–Crippen MR) is 113 cm³/mol. The van der Waals surface area contributed by atoms with Crippen LogP contribution in [-0.2, 0) is 9.30 Å². The van der Waals surface area contributed by atoms with Crippen LogP contribution in [0.4, 0.5) is 0 Å². The normalized spacial score (nSPS) is 21.0. The van der Waals surface area contributed by atoms with Gasteiger partial charge in [0.05, 0.1) is 19.0 Å². The summed E-state index contributed by atoms with van der Waals surface area (Å²) in [7, 11) is -2.80. The Morgan fingerprint density at radius 1 is 0.815 bits per heavy atom. The molecule has 0 spiro atoms. The molecule has 3 nitrogen and oxygen atoms in total. The zero-order valence-electron chi connectivity index (χ0n) is 16.0. The first-order valence-corrected chi connectivity index (χ1v) is 12.1. The molecule has 1 aliphatic heterocycles. The zero-order chi connectivity index (χ0) is 18.5. The molecule has 2 aromatic rings. The maximum atomic E-state index is 15.0. The molecule has 144 valence electrons. The second-order valence-corrected chi connectivity index (χ2v) is 10.7. The summed E-state index contributed by atoms with van der Waals surface area (Å²) in [4.78, 5) is 2.49. The molecule has 1 atom stereocenters. The van der Waals surface area contributed by atoms with Gasteiger partial charge in [0.15, 0.2) is 7.14 Å². The lowest BCUT2D eigenvalue weighted by Gasteiger charge is -2.44. The van der Waals surface area contributed by atoms with Crippen molar-refractivity contribution in [3.05, 3.63) is 60.7 Å². The molecule has 0 bridgehead atoms. The molecule has 0 radical (unpaired) electrons. The minimum absolute atomic E-state index is 0.0755. The Kier molecular flexibility index (Phi) is 6.12. The van der Waals surface area contributed by atoms with Gasteiger partial charge in [0.1, 0.15) is 0 Å². The van der Waals surface area contributed by atoms with Gasteiger partial charge in [0.25, 0.3) is 0 Å². The van der Waals surface area contributed by atoms with Crippen LogP contribution in [0.2, 0.25) is 0 Å². The van der Waals surface area contributed by atoms with Crippen LogP contribution in [0.15, 0.2) is 60.7 Å². The van der Waals surface area contributed by atoms with Crippen molar-refractivity contribution in [2.75, 3.05) is 26.3 Å². The SMILES string of the molecule is O=P(c1ccccc1)(c1ccccc1)C(C1CCCCC1)N1CCOCC1. The molecular formula is C23H30NO2P. The van der Waals surface area contributed by atoms with Gasteiger partial charge in [0.2, 0.25) is 0 Å². The Morgan fingerprint density at radius 3 is 1.85 bits per heavy atom. The van der Waals surface area contributed by atoms with Gasteiger partial charge in [-0.1, -0.05) is 79.9 Å². The highest BCUT2D eigenvalue weighted by atomic mass is 31.2. The van der Waals surface area contributed by atoms with Crippen molar-refractivity contribution in [1.82, 2.24) is 4.90 Å². The topological polar surface area (TPSA) is 29.5 Å². The summed E-state index contributed by atoms with van der Waals surface area (Å²) < 4.78 is 20.7. The summed E-state index contributed by atoms with van der Waals surface area (Å²) in [5.74, 6) is 0.564. The second kappa shape index (κ2) is 8.73. The number of ether oxygens (including phenoxy) is 1. The Morgan fingerprint density at radius 2 is 1.33 bits per heavy atom. The van der Waals surface area contributed by atoms with Crippen LogP contribution in [0.3, 0.4) is 0 Å². The summed E-state index contributed by atoms with van der Waals surface area (Å²) in [6.07, 6.45) is 6.20. The first kappa shape index (κ1) is 18.9. The average Bonchev–Trinajstić information content (AvgIpc) is 2.76. The molecule has 1 heterocycles. The molecule has 0 amide bonds. The predicted octanol–water partition coefficient (Wildman–Crippen LogP) is 4.24. The van der Waals surface area contributed by atoms with Crippen LogP contribution < -0.4 is 10.6 Å². The van der Waals surface area contributed by atoms with Gasteiger partial charge in [-0.3, -0.25) is 4.90 Å². The lowest BCUT2D eigenvalue weighted by molar-refractivity contribution is 0.0178. The summed E-state index contributed by atoms with van der Waals surface area (Å²) in [5, 5.41) is 2.00. The summed E-state index contributed by atoms with van der Waals surface area (Å²) in [5.41, 5.74) is 0. The highest BCUT2D eigenvalue weighted by Crippen LogP contribution is 2.55. The van der Waals surface area contributed by atoms with Crippen LogP contribution in [0, 0.1) is 5.92 Å². The summed E-state index contributed by atoms with van der Waals surface area (Å²) in [6, 6.07) is 20.4. The second-order valence-electron chi connectivity index (χ2n) is 7.79. The third-order valence-corrected chi connectivity index (χ3v) is 9.77. The first-order valence-electron chi connectivity index (χ1n) is 10.3. The molecule has 1 unspecified atom stereocenters. The fourth-order valence-corrected chi connectivity index (χ4v) is 8.57. The molecule has 0 N–H and O–H groups in total. The van der Waals surface area contributed by atoms with E-state index in [2.05, 4.69) is 29.2 Å². The first-order chi connectivity index (χ1) is 13.3. The molecule has 4 heteroatoms. The maximum Gasteiger partial charge on any atom is 0.159 e. The fraction of sp³-hybridized carbons (Fsp3) is 0.478. The third-order valence-electron chi connectivity index (χ3n) is 6.14. The van der Waals surface area contributed by atoms with Crippen LogP contribution in [0.5, 0.6) is 0 Å². The van der Waals surface area contributed by atoms with Gasteiger partial charge in [-0.25, -0.2) is 0 Å². The lowest BCUT2D eigenvalue weighted by atomic mass is 9.88. The number of benzene rings is 2. The minimum Gasteiger partial charge on any atom is -0.379 e. The molecule has 2 aliphatic rings. The number of hydrogen-bond donors (Lipinski definition) is 0. The van der Waals surface area contributed by atoms with Crippen LogP contribution in [0.1, 0.15) is 32.1 Å². The van der Waals surface area contributed by atoms with Crippen molar-refractivity contribution in [3.8, 4) is 0 Å². The monoisotopic (exact) mass is 383 g/mol. The molecule has 4 rings (SSSR count). The summed E-state index contributed by atoms with van der Waals surface area (Å²) >= 11 is 0. The zero-order valence-corrected chi connectivity index (χ0v) is 16.9. The van der Waals surface area contributed by atoms with Crippen molar-refractivity contribution in [1.29, 1.82) is 0 Å². The van der Waals surface area contributed by atoms with E-state index < -0.39 is 7.14 Å². The van der Waals surface area contributed by atoms with Gasteiger partial charge >= 0.3 is 0 Å². The average molecular weight is 383 g/mol. The van der Waals surface area contributed by atoms with Crippen molar-refractivity contribution in [2.45, 2.75) is 37.9 Å². The fourth-order valence-electron chi connectivity index (χ4n) is 4.85. The quantitative estimate of drug-likeness (QED) is 0.724. The molecule has 0 aromatic heterocycles. The van der Waals surface area contributed by atoms with Gasteiger partial charge in [-0.2, -0.15) is 0 Å². The molecule has 2 fully saturated rings. The highest BCUT2D eigenvalue weighted by molar-refractivity contribution is 7.79. The number of morpholine rings is 1. The Labute approximate surface area is 163 Å². The van der Waals surface area contributed by atoms with Crippen LogP contribution in [0.25, 0.3) is 0 Å². The van der Waals surface area contributed by atoms with E-state index in [9.17, 15) is 0 Å². The van der Waals surface area contributed by atoms with Gasteiger partial charge in [-0.05, 0) is 18.8 Å². The Hall–Kier alpha value is -1.41. The van der Waals surface area contributed by atoms with E-state index in [1.807, 2.05) is 36.4 Å². The lowest BCUT2D eigenvalue weighted by Crippen LogP contribution is -2.50. The van der Waals surface area contributed by atoms with E-state index in [1.54, 1.807) is 0 Å². The molecule has 27 heavy (non-hydrogen) atoms. The molecular weight excluding hydrogens is 353 g/mol. The van der Waals surface area contributed by atoms with Crippen molar-refractivity contribution in [2.24, 2.45) is 5.92 Å². The number of rotatable bonds is 5. The van der Waals surface area contributed by atoms with Crippen LogP contribution >= 0.6 is 7.14 Å². The third kappa shape index (κ3) is 3.92. The van der Waals surface area contributed by atoms with E-state index in [0.717, 1.165) is 36.9 Å². The molecule has 1 saturated heterocycles. The Bertz CT molecular complexity index is 691. The van der Waals surface area contributed by atoms with Gasteiger partial charge < -0.3 is 9.30 Å². The van der Waals surface area contributed by atoms with E-state index in [0.29, 0.717) is 5.92 Å². The van der Waals surface area contributed by atoms with Gasteiger partial charge in [-0.15, -0.1) is 0 Å². The van der Waals surface area contributed by atoms with Crippen molar-refractivity contribution < 1.29 is 9.30 Å². The highest BCUT2D eigenvalue weighted by Gasteiger charge is 2.45. The number of nitrogens with zero attached hydrogens (tertiary/aromatic N) is 1. The number of hydrogen-bond acceptors (Lipinski definition) is 3. The van der Waals surface area contributed by atoms with E-state index in [-0.39, 0.29) is 5.78 Å². The summed E-state index contributed by atoms with van der Waals surface area (Å²) in [6.45, 7) is 3.25. The molecule has 2 aromatic carbocycles. The minimum atomic E-state index is -2.80. The van der Waals surface area contributed by atoms with Crippen LogP contribution in [-0.4, -0.2) is 37.0 Å². The standard InChI is InChI=1S/C23H30NO2P/c25-27(21-12-6-2-7-13-21,22-14-8-3-9-15-22)23(20-10-4-1-5-11-20)24-16-18-26-19-17-24/h2-3,6-9,12-15,20,23H,1,4-5,10-11,16-19H2.